The lowest BCUT2D eigenvalue weighted by atomic mass is 9.96. The number of rotatable bonds is 15. The lowest BCUT2D eigenvalue weighted by Crippen LogP contribution is -2.54. The summed E-state index contributed by atoms with van der Waals surface area (Å²) in [5.41, 5.74) is 2.84. The summed E-state index contributed by atoms with van der Waals surface area (Å²) >= 11 is 0. The van der Waals surface area contributed by atoms with Gasteiger partial charge in [0, 0.05) is 19.0 Å². The van der Waals surface area contributed by atoms with Crippen LogP contribution in [-0.4, -0.2) is 52.1 Å². The lowest BCUT2D eigenvalue weighted by Gasteiger charge is -2.35. The monoisotopic (exact) mass is 595 g/mol. The summed E-state index contributed by atoms with van der Waals surface area (Å²) in [6.07, 6.45) is 5.60. The highest BCUT2D eigenvalue weighted by molar-refractivity contribution is 5.92. The molecular formula is C35H53N3O5. The maximum Gasteiger partial charge on any atom is 0.408 e. The first-order chi connectivity index (χ1) is 20.2. The van der Waals surface area contributed by atoms with Gasteiger partial charge in [-0.15, -0.1) is 0 Å². The zero-order valence-electron chi connectivity index (χ0n) is 27.5. The Balaban J connectivity index is 2.56. The number of unbranched alkanes of at least 4 members (excludes halogenated alkanes) is 5. The SMILES string of the molecule is CCCCCCCCN(C(=O)C(Cc1ccc(O)cc1)NC(=O)OC(C)(C)C)C(C(=O)NC(C)C)c1ccc(C)c(C)c1. The number of ether oxygens (including phenoxy) is 1. The molecule has 0 radical (unpaired) electrons. The fourth-order valence-electron chi connectivity index (χ4n) is 4.92. The fourth-order valence-corrected chi connectivity index (χ4v) is 4.92. The molecule has 0 aliphatic rings. The highest BCUT2D eigenvalue weighted by Gasteiger charge is 2.36. The van der Waals surface area contributed by atoms with Crippen LogP contribution in [0.15, 0.2) is 42.5 Å². The Labute approximate surface area is 258 Å². The van der Waals surface area contributed by atoms with Gasteiger partial charge in [-0.05, 0) is 89.3 Å². The molecule has 8 heteroatoms. The van der Waals surface area contributed by atoms with Crippen molar-refractivity contribution in [3.05, 3.63) is 64.7 Å². The van der Waals surface area contributed by atoms with Crippen LogP contribution >= 0.6 is 0 Å². The first-order valence-corrected chi connectivity index (χ1v) is 15.7. The van der Waals surface area contributed by atoms with Gasteiger partial charge < -0.3 is 25.4 Å². The van der Waals surface area contributed by atoms with E-state index in [2.05, 4.69) is 17.6 Å². The normalized spacial score (nSPS) is 12.9. The number of phenolic OH excluding ortho intramolecular Hbond substituents is 1. The molecule has 3 N–H and O–H groups in total. The number of hydrogen-bond donors (Lipinski definition) is 3. The average Bonchev–Trinajstić information content (AvgIpc) is 2.90. The second kappa shape index (κ2) is 16.9. The van der Waals surface area contributed by atoms with Crippen LogP contribution in [0.2, 0.25) is 0 Å². The second-order valence-corrected chi connectivity index (χ2v) is 12.8. The van der Waals surface area contributed by atoms with Gasteiger partial charge in [-0.25, -0.2) is 4.79 Å². The first kappa shape index (κ1) is 35.6. The standard InChI is InChI=1S/C35H53N3O5/c1-9-10-11-12-13-14-21-38(31(32(40)36-24(2)3)28-18-15-25(4)26(5)22-28)33(41)30(37-34(42)43-35(6,7)8)23-27-16-19-29(39)20-17-27/h15-20,22,24,30-31,39H,9-14,21,23H2,1-8H3,(H,36,40)(H,37,42). The molecule has 2 unspecified atom stereocenters. The third kappa shape index (κ3) is 12.3. The van der Waals surface area contributed by atoms with Gasteiger partial charge in [-0.2, -0.15) is 0 Å². The number of carbonyl (C=O) groups is 3. The minimum atomic E-state index is -1.000. The maximum absolute atomic E-state index is 14.6. The molecule has 8 nitrogen and oxygen atoms in total. The molecular weight excluding hydrogens is 542 g/mol. The van der Waals surface area contributed by atoms with Crippen molar-refractivity contribution in [1.82, 2.24) is 15.5 Å². The molecule has 0 heterocycles. The van der Waals surface area contributed by atoms with E-state index in [0.717, 1.165) is 54.4 Å². The predicted octanol–water partition coefficient (Wildman–Crippen LogP) is 6.90. The molecule has 0 saturated carbocycles. The summed E-state index contributed by atoms with van der Waals surface area (Å²) in [5, 5.41) is 15.6. The van der Waals surface area contributed by atoms with Crippen LogP contribution in [0.3, 0.4) is 0 Å². The van der Waals surface area contributed by atoms with E-state index < -0.39 is 23.8 Å². The Bertz CT molecular complexity index is 1190. The molecule has 0 fully saturated rings. The molecule has 0 bridgehead atoms. The molecule has 0 aliphatic heterocycles. The number of phenols is 1. The van der Waals surface area contributed by atoms with Crippen molar-refractivity contribution in [3.8, 4) is 5.75 Å². The number of amides is 3. The average molecular weight is 596 g/mol. The van der Waals surface area contributed by atoms with Crippen LogP contribution in [-0.2, 0) is 20.7 Å². The Morgan fingerprint density at radius 3 is 2.09 bits per heavy atom. The number of carbonyl (C=O) groups excluding carboxylic acids is 3. The Morgan fingerprint density at radius 2 is 1.51 bits per heavy atom. The summed E-state index contributed by atoms with van der Waals surface area (Å²) in [4.78, 5) is 43.0. The second-order valence-electron chi connectivity index (χ2n) is 12.8. The number of alkyl carbamates (subject to hydrolysis) is 1. The van der Waals surface area contributed by atoms with Crippen LogP contribution in [0.1, 0.15) is 108 Å². The van der Waals surface area contributed by atoms with Crippen LogP contribution in [0.5, 0.6) is 5.75 Å². The summed E-state index contributed by atoms with van der Waals surface area (Å²) in [7, 11) is 0. The third-order valence-corrected chi connectivity index (χ3v) is 7.24. The molecule has 2 atom stereocenters. The number of hydrogen-bond acceptors (Lipinski definition) is 5. The maximum atomic E-state index is 14.6. The fraction of sp³-hybridized carbons (Fsp3) is 0.571. The topological polar surface area (TPSA) is 108 Å². The van der Waals surface area contributed by atoms with E-state index in [-0.39, 0.29) is 30.0 Å². The number of nitrogens with zero attached hydrogens (tertiary/aromatic N) is 1. The Hall–Kier alpha value is -3.55. The van der Waals surface area contributed by atoms with Gasteiger partial charge in [-0.1, -0.05) is 69.4 Å². The minimum absolute atomic E-state index is 0.108. The molecule has 2 aromatic carbocycles. The molecule has 2 aromatic rings. The molecule has 3 amide bonds. The summed E-state index contributed by atoms with van der Waals surface area (Å²) in [6.45, 7) is 15.6. The first-order valence-electron chi connectivity index (χ1n) is 15.7. The van der Waals surface area contributed by atoms with E-state index in [1.54, 1.807) is 49.9 Å². The van der Waals surface area contributed by atoms with Crippen molar-refractivity contribution in [2.45, 2.75) is 124 Å². The minimum Gasteiger partial charge on any atom is -0.508 e. The molecule has 2 rings (SSSR count). The molecule has 0 aromatic heterocycles. The van der Waals surface area contributed by atoms with Gasteiger partial charge in [0.1, 0.15) is 23.4 Å². The number of aryl methyl sites for hydroxylation is 2. The van der Waals surface area contributed by atoms with Crippen molar-refractivity contribution in [3.63, 3.8) is 0 Å². The quantitative estimate of drug-likeness (QED) is 0.194. The van der Waals surface area contributed by atoms with Gasteiger partial charge in [0.15, 0.2) is 0 Å². The van der Waals surface area contributed by atoms with Crippen LogP contribution < -0.4 is 10.6 Å². The molecule has 0 spiro atoms. The van der Waals surface area contributed by atoms with Crippen molar-refractivity contribution >= 4 is 17.9 Å². The van der Waals surface area contributed by atoms with E-state index in [1.165, 1.54) is 6.42 Å². The van der Waals surface area contributed by atoms with Gasteiger partial charge in [0.05, 0.1) is 0 Å². The zero-order chi connectivity index (χ0) is 32.2. The van der Waals surface area contributed by atoms with Gasteiger partial charge >= 0.3 is 6.09 Å². The third-order valence-electron chi connectivity index (χ3n) is 7.24. The largest absolute Gasteiger partial charge is 0.508 e. The summed E-state index contributed by atoms with van der Waals surface area (Å²) in [6, 6.07) is 10.4. The Morgan fingerprint density at radius 1 is 0.884 bits per heavy atom. The smallest absolute Gasteiger partial charge is 0.408 e. The van der Waals surface area contributed by atoms with E-state index >= 15 is 0 Å². The molecule has 0 aliphatic carbocycles. The van der Waals surface area contributed by atoms with Crippen molar-refractivity contribution in [2.75, 3.05) is 6.54 Å². The van der Waals surface area contributed by atoms with E-state index in [9.17, 15) is 19.5 Å². The predicted molar refractivity (Wildman–Crippen MR) is 172 cm³/mol. The van der Waals surface area contributed by atoms with Gasteiger partial charge in [-0.3, -0.25) is 9.59 Å². The van der Waals surface area contributed by atoms with Gasteiger partial charge in [0.2, 0.25) is 11.8 Å². The molecule has 0 saturated heterocycles. The van der Waals surface area contributed by atoms with Gasteiger partial charge in [0.25, 0.3) is 0 Å². The number of nitrogens with one attached hydrogen (secondary N) is 2. The van der Waals surface area contributed by atoms with E-state index in [0.29, 0.717) is 6.54 Å². The van der Waals surface area contributed by atoms with Crippen molar-refractivity contribution in [1.29, 1.82) is 0 Å². The number of aromatic hydroxyl groups is 1. The number of benzene rings is 2. The lowest BCUT2D eigenvalue weighted by molar-refractivity contribution is -0.142. The van der Waals surface area contributed by atoms with Crippen molar-refractivity contribution in [2.24, 2.45) is 0 Å². The van der Waals surface area contributed by atoms with Crippen LogP contribution in [0.25, 0.3) is 0 Å². The van der Waals surface area contributed by atoms with E-state index in [4.69, 9.17) is 4.74 Å². The zero-order valence-corrected chi connectivity index (χ0v) is 27.5. The summed E-state index contributed by atoms with van der Waals surface area (Å²) in [5.74, 6) is -0.524. The van der Waals surface area contributed by atoms with Crippen molar-refractivity contribution < 1.29 is 24.2 Å². The molecule has 43 heavy (non-hydrogen) atoms. The highest BCUT2D eigenvalue weighted by Crippen LogP contribution is 2.27. The Kier molecular flexibility index (Phi) is 14.0. The molecule has 238 valence electrons. The van der Waals surface area contributed by atoms with E-state index in [1.807, 2.05) is 45.9 Å². The van der Waals surface area contributed by atoms with Crippen LogP contribution in [0.4, 0.5) is 4.79 Å². The highest BCUT2D eigenvalue weighted by atomic mass is 16.6. The van der Waals surface area contributed by atoms with Crippen LogP contribution in [0, 0.1) is 13.8 Å². The summed E-state index contributed by atoms with van der Waals surface area (Å²) < 4.78 is 5.53.